The summed E-state index contributed by atoms with van der Waals surface area (Å²) in [6, 6.07) is 8.85. The highest BCUT2D eigenvalue weighted by Gasteiger charge is 2.21. The number of rotatable bonds is 6. The lowest BCUT2D eigenvalue weighted by Gasteiger charge is -2.27. The number of hydrogen-bond donors (Lipinski definition) is 1. The summed E-state index contributed by atoms with van der Waals surface area (Å²) in [6.45, 7) is 2.17. The van der Waals surface area contributed by atoms with Crippen molar-refractivity contribution in [3.63, 3.8) is 0 Å². The zero-order valence-corrected chi connectivity index (χ0v) is 11.6. The van der Waals surface area contributed by atoms with Gasteiger partial charge in [0.15, 0.2) is 0 Å². The summed E-state index contributed by atoms with van der Waals surface area (Å²) >= 11 is 0. The molecule has 0 aromatic heterocycles. The van der Waals surface area contributed by atoms with Crippen molar-refractivity contribution in [2.45, 2.75) is 57.1 Å². The summed E-state index contributed by atoms with van der Waals surface area (Å²) in [6.07, 6.45) is 6.33. The third-order valence-corrected chi connectivity index (χ3v) is 4.17. The molecule has 2 rings (SSSR count). The van der Waals surface area contributed by atoms with Crippen molar-refractivity contribution in [3.05, 3.63) is 35.4 Å². The predicted octanol–water partition coefficient (Wildman–Crippen LogP) is 3.77. The van der Waals surface area contributed by atoms with Gasteiger partial charge in [-0.15, -0.1) is 0 Å². The van der Waals surface area contributed by atoms with Gasteiger partial charge in [-0.1, -0.05) is 44.0 Å². The summed E-state index contributed by atoms with van der Waals surface area (Å²) in [7, 11) is 1.75. The largest absolute Gasteiger partial charge is 0.379 e. The first kappa shape index (κ1) is 13.6. The number of benzene rings is 1. The third-order valence-electron chi connectivity index (χ3n) is 4.17. The molecule has 2 unspecified atom stereocenters. The van der Waals surface area contributed by atoms with Crippen molar-refractivity contribution in [2.75, 3.05) is 7.11 Å². The summed E-state index contributed by atoms with van der Waals surface area (Å²) in [5.74, 6) is 0.795. The van der Waals surface area contributed by atoms with Gasteiger partial charge in [0.1, 0.15) is 0 Å². The Bertz CT molecular complexity index is 356. The molecule has 2 atom stereocenters. The zero-order chi connectivity index (χ0) is 13.0. The molecule has 1 saturated carbocycles. The quantitative estimate of drug-likeness (QED) is 0.830. The Hall–Kier alpha value is -0.860. The van der Waals surface area contributed by atoms with E-state index < -0.39 is 0 Å². The number of nitrogens with two attached hydrogens (primary N) is 1. The lowest BCUT2D eigenvalue weighted by Crippen LogP contribution is -2.28. The van der Waals surface area contributed by atoms with Crippen LogP contribution in [-0.2, 0) is 4.74 Å². The molecule has 1 aromatic carbocycles. The third kappa shape index (κ3) is 2.93. The van der Waals surface area contributed by atoms with Gasteiger partial charge < -0.3 is 10.5 Å². The van der Waals surface area contributed by atoms with Crippen LogP contribution in [0.2, 0.25) is 0 Å². The van der Waals surface area contributed by atoms with Gasteiger partial charge in [-0.05, 0) is 36.3 Å². The minimum absolute atomic E-state index is 0.00890. The van der Waals surface area contributed by atoms with Gasteiger partial charge in [-0.3, -0.25) is 0 Å². The van der Waals surface area contributed by atoms with E-state index in [0.717, 1.165) is 18.8 Å². The molecule has 18 heavy (non-hydrogen) atoms. The van der Waals surface area contributed by atoms with E-state index in [1.165, 1.54) is 30.4 Å². The van der Waals surface area contributed by atoms with E-state index in [0.29, 0.717) is 0 Å². The van der Waals surface area contributed by atoms with Crippen LogP contribution in [0, 0.1) is 0 Å². The molecule has 1 aliphatic carbocycles. The average molecular weight is 247 g/mol. The fourth-order valence-electron chi connectivity index (χ4n) is 2.68. The Balaban J connectivity index is 2.03. The van der Waals surface area contributed by atoms with E-state index in [9.17, 15) is 0 Å². The molecule has 2 heteroatoms. The Morgan fingerprint density at radius 3 is 2.39 bits per heavy atom. The molecule has 0 radical (unpaired) electrons. The van der Waals surface area contributed by atoms with E-state index in [4.69, 9.17) is 10.5 Å². The van der Waals surface area contributed by atoms with Crippen LogP contribution in [0.15, 0.2) is 24.3 Å². The molecular formula is C16H25NO. The molecular weight excluding hydrogens is 222 g/mol. The summed E-state index contributed by atoms with van der Waals surface area (Å²) in [5, 5.41) is 0. The van der Waals surface area contributed by atoms with Gasteiger partial charge in [-0.25, -0.2) is 0 Å². The van der Waals surface area contributed by atoms with E-state index in [1.54, 1.807) is 7.11 Å². The molecule has 0 aliphatic heterocycles. The van der Waals surface area contributed by atoms with E-state index in [-0.39, 0.29) is 12.1 Å². The minimum Gasteiger partial charge on any atom is -0.379 e. The average Bonchev–Trinajstić information content (AvgIpc) is 2.34. The van der Waals surface area contributed by atoms with Gasteiger partial charge in [0.25, 0.3) is 0 Å². The van der Waals surface area contributed by atoms with Crippen molar-refractivity contribution in [1.82, 2.24) is 0 Å². The van der Waals surface area contributed by atoms with Crippen molar-refractivity contribution < 1.29 is 4.74 Å². The summed E-state index contributed by atoms with van der Waals surface area (Å²) in [4.78, 5) is 0. The fraction of sp³-hybridized carbons (Fsp3) is 0.625. The molecule has 1 aromatic rings. The van der Waals surface area contributed by atoms with Crippen molar-refractivity contribution in [1.29, 1.82) is 0 Å². The van der Waals surface area contributed by atoms with Gasteiger partial charge >= 0.3 is 0 Å². The lowest BCUT2D eigenvalue weighted by atomic mass is 9.79. The Kier molecular flexibility index (Phi) is 4.79. The highest BCUT2D eigenvalue weighted by Crippen LogP contribution is 2.36. The van der Waals surface area contributed by atoms with Crippen LogP contribution in [-0.4, -0.2) is 13.2 Å². The van der Waals surface area contributed by atoms with Crippen LogP contribution in [0.1, 0.15) is 62.1 Å². The first-order valence-corrected chi connectivity index (χ1v) is 7.14. The predicted molar refractivity (Wildman–Crippen MR) is 75.7 cm³/mol. The van der Waals surface area contributed by atoms with Gasteiger partial charge in [0.05, 0.1) is 12.1 Å². The molecule has 100 valence electrons. The molecule has 0 saturated heterocycles. The number of methoxy groups -OCH3 is 1. The van der Waals surface area contributed by atoms with Gasteiger partial charge in [0.2, 0.25) is 0 Å². The Labute approximate surface area is 111 Å². The lowest BCUT2D eigenvalue weighted by molar-refractivity contribution is 0.0725. The molecule has 2 N–H and O–H groups in total. The normalized spacial score (nSPS) is 19.3. The van der Waals surface area contributed by atoms with Crippen molar-refractivity contribution in [3.8, 4) is 0 Å². The van der Waals surface area contributed by atoms with Crippen LogP contribution in [0.4, 0.5) is 0 Å². The summed E-state index contributed by atoms with van der Waals surface area (Å²) < 4.78 is 5.49. The molecule has 1 fully saturated rings. The Morgan fingerprint density at radius 2 is 1.94 bits per heavy atom. The molecule has 0 heterocycles. The van der Waals surface area contributed by atoms with Gasteiger partial charge in [-0.2, -0.15) is 0 Å². The molecule has 1 aliphatic rings. The second-order valence-corrected chi connectivity index (χ2v) is 5.38. The first-order valence-electron chi connectivity index (χ1n) is 7.14. The second kappa shape index (κ2) is 6.35. The van der Waals surface area contributed by atoms with E-state index in [2.05, 4.69) is 31.2 Å². The van der Waals surface area contributed by atoms with Gasteiger partial charge in [0, 0.05) is 7.11 Å². The second-order valence-electron chi connectivity index (χ2n) is 5.38. The maximum Gasteiger partial charge on any atom is 0.0763 e. The Morgan fingerprint density at radius 1 is 1.28 bits per heavy atom. The van der Waals surface area contributed by atoms with Crippen molar-refractivity contribution >= 4 is 0 Å². The number of hydrogen-bond acceptors (Lipinski definition) is 2. The molecule has 0 amide bonds. The smallest absolute Gasteiger partial charge is 0.0763 e. The maximum absolute atomic E-state index is 6.28. The highest BCUT2D eigenvalue weighted by molar-refractivity contribution is 5.28. The molecule has 0 spiro atoms. The topological polar surface area (TPSA) is 35.2 Å². The van der Waals surface area contributed by atoms with Crippen LogP contribution in [0.3, 0.4) is 0 Å². The molecule has 2 nitrogen and oxygen atoms in total. The van der Waals surface area contributed by atoms with E-state index in [1.807, 2.05) is 0 Å². The van der Waals surface area contributed by atoms with E-state index >= 15 is 0 Å². The monoisotopic (exact) mass is 247 g/mol. The van der Waals surface area contributed by atoms with Crippen LogP contribution < -0.4 is 5.73 Å². The number of ether oxygens (including phenoxy) is 1. The van der Waals surface area contributed by atoms with Crippen LogP contribution in [0.25, 0.3) is 0 Å². The SMILES string of the molecule is CCCC(OC)C(N)c1ccc(C2CCC2)cc1. The van der Waals surface area contributed by atoms with Crippen molar-refractivity contribution in [2.24, 2.45) is 5.73 Å². The zero-order valence-electron chi connectivity index (χ0n) is 11.6. The molecule has 0 bridgehead atoms. The maximum atomic E-state index is 6.28. The first-order chi connectivity index (χ1) is 8.76. The minimum atomic E-state index is -0.00890. The highest BCUT2D eigenvalue weighted by atomic mass is 16.5. The van der Waals surface area contributed by atoms with Crippen LogP contribution in [0.5, 0.6) is 0 Å². The summed E-state index contributed by atoms with van der Waals surface area (Å²) in [5.41, 5.74) is 8.95. The van der Waals surface area contributed by atoms with Crippen LogP contribution >= 0.6 is 0 Å². The fourth-order valence-corrected chi connectivity index (χ4v) is 2.68. The standard InChI is InChI=1S/C16H25NO/c1-3-5-15(18-2)16(17)14-10-8-13(9-11-14)12-6-4-7-12/h8-12,15-16H,3-7,17H2,1-2H3.